The molecule has 0 aromatic carbocycles. The Kier molecular flexibility index (Phi) is 20.5. The van der Waals surface area contributed by atoms with E-state index in [-0.39, 0.29) is 38.2 Å². The molecule has 0 aliphatic carbocycles. The molecule has 0 atom stereocenters. The molecule has 0 amide bonds. The molecule has 0 bridgehead atoms. The molecule has 0 fully saturated rings. The third kappa shape index (κ3) is 15.1. The van der Waals surface area contributed by atoms with Crippen molar-refractivity contribution in [2.75, 3.05) is 0 Å². The van der Waals surface area contributed by atoms with Crippen molar-refractivity contribution in [3.63, 3.8) is 0 Å². The minimum atomic E-state index is 0. The second kappa shape index (κ2) is 9.27. The summed E-state index contributed by atoms with van der Waals surface area (Å²) in [5.74, 6) is 0. The zero-order valence-electron chi connectivity index (χ0n) is 1.67. The molecule has 1 radical (unpaired) electrons. The van der Waals surface area contributed by atoms with E-state index in [9.17, 15) is 0 Å². The van der Waals surface area contributed by atoms with Crippen molar-refractivity contribution in [1.82, 2.24) is 0 Å². The molecule has 3 heteroatoms. The van der Waals surface area contributed by atoms with Gasteiger partial charge in [-0.25, -0.2) is 4.79 Å². The molecule has 0 spiro atoms. The molecule has 0 rings (SSSR count). The molecule has 2 nitrogen and oxygen atoms in total. The van der Waals surface area contributed by atoms with Crippen LogP contribution >= 0.6 is 0 Å². The molecule has 0 saturated carbocycles. The van der Waals surface area contributed by atoms with Gasteiger partial charge < -0.3 is 5.11 Å². The van der Waals surface area contributed by atoms with Crippen LogP contribution in [0.4, 0.5) is 0 Å². The van der Waals surface area contributed by atoms with Gasteiger partial charge in [-0.2, -0.15) is 0 Å². The van der Waals surface area contributed by atoms with Crippen molar-refractivity contribution in [3.8, 4) is 0 Å². The second-order valence-electron chi connectivity index (χ2n) is 0.0913. The second-order valence-corrected chi connectivity index (χ2v) is 0.0913. The van der Waals surface area contributed by atoms with Gasteiger partial charge in [-0.15, -0.1) is 0 Å². The molecule has 0 aliphatic heterocycles. The van der Waals surface area contributed by atoms with Crippen molar-refractivity contribution in [2.45, 2.75) is 0 Å². The van der Waals surface area contributed by atoms with Crippen molar-refractivity contribution < 1.29 is 48.1 Å². The Hall–Kier alpha value is 0.743. The first-order valence-corrected chi connectivity index (χ1v) is 0.428. The van der Waals surface area contributed by atoms with Crippen molar-refractivity contribution in [3.05, 3.63) is 0 Å². The minimum absolute atomic E-state index is 0. The van der Waals surface area contributed by atoms with E-state index in [0.29, 0.717) is 6.47 Å². The van der Waals surface area contributed by atoms with Crippen LogP contribution in [0.3, 0.4) is 0 Å². The van der Waals surface area contributed by atoms with E-state index in [0.717, 1.165) is 0 Å². The number of rotatable bonds is 0. The Labute approximate surface area is 54.2 Å². The van der Waals surface area contributed by atoms with Crippen LogP contribution in [-0.4, -0.2) is 11.6 Å². The van der Waals surface area contributed by atoms with Crippen molar-refractivity contribution in [1.29, 1.82) is 0 Å². The third-order valence-electron chi connectivity index (χ3n) is 0. The molecular formula is CHDyO2. The zero-order valence-corrected chi connectivity index (χ0v) is 3.70. The number of hydrogen-bond acceptors (Lipinski definition) is 1. The van der Waals surface area contributed by atoms with Crippen molar-refractivity contribution in [2.24, 2.45) is 0 Å². The monoisotopic (exact) mass is 209 g/mol. The van der Waals surface area contributed by atoms with Crippen LogP contribution in [0.2, 0.25) is 0 Å². The van der Waals surface area contributed by atoms with Gasteiger partial charge in [0.2, 0.25) is 0 Å². The van der Waals surface area contributed by atoms with E-state index in [2.05, 4.69) is 0 Å². The van der Waals surface area contributed by atoms with E-state index in [1.54, 1.807) is 0 Å². The maximum Gasteiger partial charge on any atom is 0.414 e. The van der Waals surface area contributed by atoms with Crippen LogP contribution in [0.25, 0.3) is 0 Å². The molecule has 0 heterocycles. The summed E-state index contributed by atoms with van der Waals surface area (Å²) in [7, 11) is 0. The van der Waals surface area contributed by atoms with Crippen LogP contribution in [0.15, 0.2) is 0 Å². The Morgan fingerprint density at radius 1 is 1.75 bits per heavy atom. The Balaban J connectivity index is 0. The van der Waals surface area contributed by atoms with Gasteiger partial charge >= 0.3 is 6.47 Å². The predicted octanol–water partition coefficient (Wildman–Crippen LogP) is -0.388. The van der Waals surface area contributed by atoms with Crippen LogP contribution in [0.5, 0.6) is 0 Å². The van der Waals surface area contributed by atoms with Crippen LogP contribution in [0.1, 0.15) is 0 Å². The van der Waals surface area contributed by atoms with Gasteiger partial charge in [0.1, 0.15) is 0 Å². The van der Waals surface area contributed by atoms with Gasteiger partial charge in [0.25, 0.3) is 0 Å². The fourth-order valence-corrected chi connectivity index (χ4v) is 0. The smallest absolute Gasteiger partial charge is 0.414 e. The average molecular weight is 208 g/mol. The van der Waals surface area contributed by atoms with Gasteiger partial charge in [-0.3, -0.25) is 0 Å². The van der Waals surface area contributed by atoms with Crippen molar-refractivity contribution >= 4 is 6.47 Å². The molecule has 1 N–H and O–H groups in total. The summed E-state index contributed by atoms with van der Waals surface area (Å²) in [5, 5.41) is 6.76. The number of aliphatic hydroxyl groups excluding tert-OH is 1. The van der Waals surface area contributed by atoms with Crippen LogP contribution < -0.4 is 0 Å². The van der Waals surface area contributed by atoms with Crippen LogP contribution in [0, 0.1) is 38.2 Å². The Bertz CT molecular complexity index is 13.5. The SMILES string of the molecule is O=[C]O.[Dy]. The normalized spacial score (nSPS) is 3.00. The summed E-state index contributed by atoms with van der Waals surface area (Å²) in [6.45, 7) is 0.500. The molecular weight excluding hydrogens is 207 g/mol. The van der Waals surface area contributed by atoms with Gasteiger partial charge in [0, 0.05) is 38.2 Å². The number of hydrogen-bond donors (Lipinski definition) is 1. The van der Waals surface area contributed by atoms with E-state index in [4.69, 9.17) is 9.90 Å². The van der Waals surface area contributed by atoms with Gasteiger partial charge in [-0.1, -0.05) is 0 Å². The van der Waals surface area contributed by atoms with Gasteiger partial charge in [0.15, 0.2) is 0 Å². The Morgan fingerprint density at radius 2 is 1.75 bits per heavy atom. The fourth-order valence-electron chi connectivity index (χ4n) is 0. The van der Waals surface area contributed by atoms with E-state index in [1.165, 1.54) is 0 Å². The largest absolute Gasteiger partial charge is 0.473 e. The van der Waals surface area contributed by atoms with E-state index >= 15 is 0 Å². The zero-order chi connectivity index (χ0) is 2.71. The minimum Gasteiger partial charge on any atom is -0.473 e. The summed E-state index contributed by atoms with van der Waals surface area (Å²) in [5.41, 5.74) is 0. The quantitative estimate of drug-likeness (QED) is 0.588. The topological polar surface area (TPSA) is 37.3 Å². The van der Waals surface area contributed by atoms with Crippen LogP contribution in [-0.2, 0) is 4.79 Å². The molecule has 0 aliphatic rings. The third-order valence-corrected chi connectivity index (χ3v) is 0. The molecule has 27 valence electrons. The molecule has 0 aromatic rings. The first-order valence-electron chi connectivity index (χ1n) is 0.428. The molecule has 0 unspecified atom stereocenters. The first-order chi connectivity index (χ1) is 1.41. The van der Waals surface area contributed by atoms with Gasteiger partial charge in [0.05, 0.1) is 0 Å². The maximum atomic E-state index is 8.24. The summed E-state index contributed by atoms with van der Waals surface area (Å²) >= 11 is 0. The van der Waals surface area contributed by atoms with E-state index < -0.39 is 0 Å². The molecule has 0 aromatic heterocycles. The maximum absolute atomic E-state index is 8.24. The summed E-state index contributed by atoms with van der Waals surface area (Å²) in [6, 6.07) is 0. The first kappa shape index (κ1) is 8.83. The molecule has 4 heavy (non-hydrogen) atoms. The fraction of sp³-hybridized carbons (Fsp3) is 0. The molecule has 0 saturated heterocycles. The Morgan fingerprint density at radius 3 is 1.75 bits per heavy atom. The predicted molar refractivity (Wildman–Crippen MR) is 8.32 cm³/mol. The average Bonchev–Trinajstić information content (AvgIpc) is 0.918. The standard InChI is InChI=1S/CHO2.Dy/c2-1-3;/h(H,2,3);. The van der Waals surface area contributed by atoms with E-state index in [1.807, 2.05) is 0 Å². The summed E-state index contributed by atoms with van der Waals surface area (Å²) in [6.07, 6.45) is 0. The summed E-state index contributed by atoms with van der Waals surface area (Å²) < 4.78 is 0. The van der Waals surface area contributed by atoms with Gasteiger partial charge in [-0.05, 0) is 0 Å². The summed E-state index contributed by atoms with van der Waals surface area (Å²) in [4.78, 5) is 8.24.